The molecule has 34 heavy (non-hydrogen) atoms. The molecule has 4 rings (SSSR count). The van der Waals surface area contributed by atoms with E-state index in [1.165, 1.54) is 77.0 Å². The monoisotopic (exact) mass is 475 g/mol. The van der Waals surface area contributed by atoms with E-state index >= 15 is 0 Å². The molecule has 1 amide bonds. The van der Waals surface area contributed by atoms with Gasteiger partial charge in [-0.15, -0.1) is 0 Å². The van der Waals surface area contributed by atoms with Crippen LogP contribution in [0.5, 0.6) is 0 Å². The van der Waals surface area contributed by atoms with Crippen LogP contribution in [0.3, 0.4) is 0 Å². The highest BCUT2D eigenvalue weighted by molar-refractivity contribution is 5.81. The fourth-order valence-electron chi connectivity index (χ4n) is 7.66. The molecular weight excluding hydrogens is 422 g/mol. The third-order valence-electron chi connectivity index (χ3n) is 9.72. The molecule has 4 aliphatic rings. The molecule has 4 atom stereocenters. The third-order valence-corrected chi connectivity index (χ3v) is 9.72. The van der Waals surface area contributed by atoms with Crippen LogP contribution in [0.1, 0.15) is 117 Å². The SMILES string of the molecule is CC(C1CCCCC1)N(CCC(CC1CCCCC1)C1COCC(C)(C)C1)C(=O)C1CCCO1. The van der Waals surface area contributed by atoms with Gasteiger partial charge in [0.15, 0.2) is 0 Å². The number of carbonyl (C=O) groups excluding carboxylic acids is 1. The predicted octanol–water partition coefficient (Wildman–Crippen LogP) is 7.00. The Hall–Kier alpha value is -0.610. The summed E-state index contributed by atoms with van der Waals surface area (Å²) in [6, 6.07) is 0.339. The minimum Gasteiger partial charge on any atom is -0.381 e. The van der Waals surface area contributed by atoms with E-state index in [9.17, 15) is 4.79 Å². The van der Waals surface area contributed by atoms with E-state index in [2.05, 4.69) is 25.7 Å². The van der Waals surface area contributed by atoms with Crippen LogP contribution in [0.25, 0.3) is 0 Å². The Bertz CT molecular complexity index is 617. The topological polar surface area (TPSA) is 38.8 Å². The Kier molecular flexibility index (Phi) is 9.78. The number of ether oxygens (including phenoxy) is 2. The van der Waals surface area contributed by atoms with Crippen LogP contribution < -0.4 is 0 Å². The summed E-state index contributed by atoms with van der Waals surface area (Å²) in [6.45, 7) is 10.5. The molecule has 2 saturated heterocycles. The summed E-state index contributed by atoms with van der Waals surface area (Å²) in [5.41, 5.74) is 0.274. The highest BCUT2D eigenvalue weighted by Gasteiger charge is 2.38. The summed E-state index contributed by atoms with van der Waals surface area (Å²) in [5.74, 6) is 3.12. The zero-order valence-corrected chi connectivity index (χ0v) is 22.6. The molecule has 2 saturated carbocycles. The molecule has 4 unspecified atom stereocenters. The Morgan fingerprint density at radius 2 is 1.65 bits per heavy atom. The van der Waals surface area contributed by atoms with Crippen LogP contribution in [0.15, 0.2) is 0 Å². The number of hydrogen-bond acceptors (Lipinski definition) is 3. The zero-order chi connectivity index (χ0) is 24.0. The summed E-state index contributed by atoms with van der Waals surface area (Å²) in [6.07, 6.45) is 19.1. The van der Waals surface area contributed by atoms with Crippen LogP contribution in [0, 0.1) is 29.1 Å². The number of rotatable bonds is 9. The fraction of sp³-hybridized carbons (Fsp3) is 0.967. The van der Waals surface area contributed by atoms with Crippen molar-refractivity contribution in [2.24, 2.45) is 29.1 Å². The minimum atomic E-state index is -0.195. The van der Waals surface area contributed by atoms with Gasteiger partial charge in [-0.05, 0) is 81.0 Å². The predicted molar refractivity (Wildman–Crippen MR) is 139 cm³/mol. The molecule has 0 aromatic rings. The Morgan fingerprint density at radius 3 is 2.29 bits per heavy atom. The second-order valence-corrected chi connectivity index (χ2v) is 13.1. The maximum absolute atomic E-state index is 13.7. The molecule has 0 bridgehead atoms. The van der Waals surface area contributed by atoms with E-state index < -0.39 is 0 Å². The number of hydrogen-bond donors (Lipinski definition) is 0. The van der Waals surface area contributed by atoms with Gasteiger partial charge in [-0.2, -0.15) is 0 Å². The van der Waals surface area contributed by atoms with Gasteiger partial charge in [0.1, 0.15) is 6.10 Å². The molecule has 0 radical (unpaired) electrons. The Morgan fingerprint density at radius 1 is 0.941 bits per heavy atom. The Labute approximate surface area is 209 Å². The summed E-state index contributed by atoms with van der Waals surface area (Å²) in [4.78, 5) is 16.0. The van der Waals surface area contributed by atoms with Gasteiger partial charge in [0.05, 0.1) is 6.61 Å². The molecule has 2 aliphatic carbocycles. The highest BCUT2D eigenvalue weighted by Crippen LogP contribution is 2.41. The molecule has 0 spiro atoms. The van der Waals surface area contributed by atoms with E-state index in [-0.39, 0.29) is 17.4 Å². The number of carbonyl (C=O) groups is 1. The summed E-state index contributed by atoms with van der Waals surface area (Å²) in [5, 5.41) is 0. The van der Waals surface area contributed by atoms with Gasteiger partial charge in [-0.3, -0.25) is 4.79 Å². The number of amides is 1. The molecule has 196 valence electrons. The zero-order valence-electron chi connectivity index (χ0n) is 22.6. The first-order chi connectivity index (χ1) is 16.4. The van der Waals surface area contributed by atoms with Crippen LogP contribution in [0.2, 0.25) is 0 Å². The average Bonchev–Trinajstić information content (AvgIpc) is 3.39. The lowest BCUT2D eigenvalue weighted by molar-refractivity contribution is -0.145. The lowest BCUT2D eigenvalue weighted by Gasteiger charge is -2.42. The lowest BCUT2D eigenvalue weighted by Crippen LogP contribution is -2.49. The van der Waals surface area contributed by atoms with Crippen molar-refractivity contribution in [2.75, 3.05) is 26.4 Å². The number of nitrogens with zero attached hydrogens (tertiary/aromatic N) is 1. The second kappa shape index (κ2) is 12.6. The van der Waals surface area contributed by atoms with Gasteiger partial charge in [0.25, 0.3) is 5.91 Å². The summed E-state index contributed by atoms with van der Waals surface area (Å²) < 4.78 is 12.0. The van der Waals surface area contributed by atoms with Gasteiger partial charge < -0.3 is 14.4 Å². The molecule has 4 fully saturated rings. The van der Waals surface area contributed by atoms with Crippen LogP contribution in [-0.4, -0.2) is 49.3 Å². The molecular formula is C30H53NO3. The molecule has 0 aromatic carbocycles. The summed E-state index contributed by atoms with van der Waals surface area (Å²) in [7, 11) is 0. The van der Waals surface area contributed by atoms with Crippen molar-refractivity contribution >= 4 is 5.91 Å². The normalized spacial score (nSPS) is 30.7. The first-order valence-corrected chi connectivity index (χ1v) is 14.9. The van der Waals surface area contributed by atoms with Crippen molar-refractivity contribution in [2.45, 2.75) is 129 Å². The van der Waals surface area contributed by atoms with Crippen molar-refractivity contribution in [1.82, 2.24) is 4.90 Å². The first-order valence-electron chi connectivity index (χ1n) is 14.9. The van der Waals surface area contributed by atoms with Gasteiger partial charge in [-0.25, -0.2) is 0 Å². The maximum atomic E-state index is 13.7. The van der Waals surface area contributed by atoms with Crippen molar-refractivity contribution in [3.63, 3.8) is 0 Å². The molecule has 4 heteroatoms. The summed E-state index contributed by atoms with van der Waals surface area (Å²) >= 11 is 0. The molecule has 2 aliphatic heterocycles. The van der Waals surface area contributed by atoms with Crippen LogP contribution >= 0.6 is 0 Å². The molecule has 0 N–H and O–H groups in total. The molecule has 0 aromatic heterocycles. The van der Waals surface area contributed by atoms with E-state index in [0.29, 0.717) is 23.8 Å². The van der Waals surface area contributed by atoms with E-state index in [1.807, 2.05) is 0 Å². The van der Waals surface area contributed by atoms with Gasteiger partial charge in [0.2, 0.25) is 0 Å². The van der Waals surface area contributed by atoms with Gasteiger partial charge >= 0.3 is 0 Å². The smallest absolute Gasteiger partial charge is 0.251 e. The highest BCUT2D eigenvalue weighted by atomic mass is 16.5. The van der Waals surface area contributed by atoms with Crippen LogP contribution in [0.4, 0.5) is 0 Å². The van der Waals surface area contributed by atoms with Crippen molar-refractivity contribution in [3.8, 4) is 0 Å². The van der Waals surface area contributed by atoms with Gasteiger partial charge in [-0.1, -0.05) is 65.2 Å². The van der Waals surface area contributed by atoms with Crippen molar-refractivity contribution in [1.29, 1.82) is 0 Å². The maximum Gasteiger partial charge on any atom is 0.251 e. The third kappa shape index (κ3) is 7.21. The van der Waals surface area contributed by atoms with Crippen molar-refractivity contribution in [3.05, 3.63) is 0 Å². The van der Waals surface area contributed by atoms with E-state index in [0.717, 1.165) is 51.5 Å². The van der Waals surface area contributed by atoms with E-state index in [1.54, 1.807) is 0 Å². The van der Waals surface area contributed by atoms with Crippen LogP contribution in [-0.2, 0) is 14.3 Å². The van der Waals surface area contributed by atoms with E-state index in [4.69, 9.17) is 9.47 Å². The first kappa shape index (κ1) is 26.5. The fourth-order valence-corrected chi connectivity index (χ4v) is 7.66. The second-order valence-electron chi connectivity index (χ2n) is 13.1. The van der Waals surface area contributed by atoms with Crippen molar-refractivity contribution < 1.29 is 14.3 Å². The quantitative estimate of drug-likeness (QED) is 0.360. The average molecular weight is 476 g/mol. The minimum absolute atomic E-state index is 0.195. The lowest BCUT2D eigenvalue weighted by atomic mass is 9.71. The Balaban J connectivity index is 1.46. The standard InChI is InChI=1S/C30H53NO3/c1-23(25-13-8-5-9-14-25)31(29(32)28-15-10-18-34-28)17-16-26(19-24-11-6-4-7-12-24)27-20-30(2,3)22-33-21-27/h23-28H,4-22H2,1-3H3. The molecule has 4 nitrogen and oxygen atoms in total. The molecule has 2 heterocycles. The van der Waals surface area contributed by atoms with Gasteiger partial charge in [0, 0.05) is 25.8 Å². The largest absolute Gasteiger partial charge is 0.381 e.